The van der Waals surface area contributed by atoms with Crippen molar-refractivity contribution in [3.8, 4) is 0 Å². The van der Waals surface area contributed by atoms with E-state index in [1.54, 1.807) is 5.38 Å². The number of hydrogen-bond acceptors (Lipinski definition) is 4. The molecule has 28 heavy (non-hydrogen) atoms. The molecule has 144 valence electrons. The third kappa shape index (κ3) is 5.37. The van der Waals surface area contributed by atoms with Gasteiger partial charge in [-0.15, -0.1) is 11.3 Å². The molecule has 0 radical (unpaired) electrons. The quantitative estimate of drug-likeness (QED) is 0.581. The molecule has 2 aromatic carbocycles. The number of nitrogens with zero attached hydrogens (tertiary/aromatic N) is 1. The van der Waals surface area contributed by atoms with Gasteiger partial charge >= 0.3 is 6.03 Å². The van der Waals surface area contributed by atoms with E-state index in [4.69, 9.17) is 0 Å². The van der Waals surface area contributed by atoms with Gasteiger partial charge in [-0.25, -0.2) is 14.2 Å². The fraction of sp³-hybridized carbons (Fsp3) is 0.150. The van der Waals surface area contributed by atoms with E-state index in [1.165, 1.54) is 35.6 Å². The molecule has 0 spiro atoms. The molecule has 0 atom stereocenters. The van der Waals surface area contributed by atoms with Crippen LogP contribution in [0.1, 0.15) is 16.8 Å². The first-order valence-electron chi connectivity index (χ1n) is 8.54. The number of halogens is 1. The lowest BCUT2D eigenvalue weighted by atomic mass is 10.1. The van der Waals surface area contributed by atoms with Crippen LogP contribution in [0.2, 0.25) is 0 Å². The number of thiazole rings is 1. The first-order chi connectivity index (χ1) is 13.4. The zero-order chi connectivity index (χ0) is 20.1. The van der Waals surface area contributed by atoms with E-state index < -0.39 is 6.03 Å². The van der Waals surface area contributed by atoms with Gasteiger partial charge in [-0.05, 0) is 61.4 Å². The summed E-state index contributed by atoms with van der Waals surface area (Å²) < 4.78 is 12.9. The van der Waals surface area contributed by atoms with Crippen LogP contribution >= 0.6 is 11.3 Å². The van der Waals surface area contributed by atoms with Crippen molar-refractivity contribution in [3.63, 3.8) is 0 Å². The second-order valence-corrected chi connectivity index (χ2v) is 7.11. The van der Waals surface area contributed by atoms with Crippen LogP contribution in [0.15, 0.2) is 47.8 Å². The van der Waals surface area contributed by atoms with E-state index in [0.717, 1.165) is 16.8 Å². The molecule has 0 aliphatic carbocycles. The predicted octanol–water partition coefficient (Wildman–Crippen LogP) is 4.72. The molecule has 3 N–H and O–H groups in total. The number of carbonyl (C=O) groups is 2. The Labute approximate surface area is 165 Å². The topological polar surface area (TPSA) is 83.1 Å². The van der Waals surface area contributed by atoms with Crippen LogP contribution in [0.25, 0.3) is 0 Å². The number of benzene rings is 2. The summed E-state index contributed by atoms with van der Waals surface area (Å²) >= 11 is 1.22. The average Bonchev–Trinajstić information content (AvgIpc) is 3.06. The lowest BCUT2D eigenvalue weighted by molar-refractivity contribution is -0.115. The van der Waals surface area contributed by atoms with Gasteiger partial charge < -0.3 is 10.6 Å². The van der Waals surface area contributed by atoms with Crippen LogP contribution in [0, 0.1) is 19.7 Å². The van der Waals surface area contributed by atoms with E-state index in [1.807, 2.05) is 32.0 Å². The molecule has 6 nitrogen and oxygen atoms in total. The average molecular weight is 398 g/mol. The van der Waals surface area contributed by atoms with Gasteiger partial charge in [-0.3, -0.25) is 10.1 Å². The van der Waals surface area contributed by atoms with Crippen LogP contribution in [0.5, 0.6) is 0 Å². The number of nitrogens with one attached hydrogen (secondary N) is 3. The smallest absolute Gasteiger partial charge is 0.325 e. The van der Waals surface area contributed by atoms with Crippen molar-refractivity contribution < 1.29 is 14.0 Å². The lowest BCUT2D eigenvalue weighted by Crippen LogP contribution is -2.19. The number of amides is 3. The molecular weight excluding hydrogens is 379 g/mol. The van der Waals surface area contributed by atoms with E-state index in [0.29, 0.717) is 16.5 Å². The summed E-state index contributed by atoms with van der Waals surface area (Å²) in [7, 11) is 0. The zero-order valence-electron chi connectivity index (χ0n) is 15.4. The van der Waals surface area contributed by atoms with Crippen molar-refractivity contribution in [2.24, 2.45) is 0 Å². The summed E-state index contributed by atoms with van der Waals surface area (Å²) in [5.41, 5.74) is 4.02. The van der Waals surface area contributed by atoms with Gasteiger partial charge in [0, 0.05) is 16.8 Å². The van der Waals surface area contributed by atoms with Crippen molar-refractivity contribution in [2.75, 3.05) is 16.0 Å². The summed E-state index contributed by atoms with van der Waals surface area (Å²) in [5.74, 6) is -0.564. The van der Waals surface area contributed by atoms with Crippen LogP contribution in [0.3, 0.4) is 0 Å². The minimum Gasteiger partial charge on any atom is -0.326 e. The summed E-state index contributed by atoms with van der Waals surface area (Å²) in [4.78, 5) is 28.4. The normalized spacial score (nSPS) is 10.4. The molecular formula is C20H19FN4O2S. The number of rotatable bonds is 5. The Balaban J connectivity index is 1.53. The van der Waals surface area contributed by atoms with Gasteiger partial charge in [0.05, 0.1) is 12.1 Å². The fourth-order valence-corrected chi connectivity index (χ4v) is 3.13. The Morgan fingerprint density at radius 2 is 1.68 bits per heavy atom. The van der Waals surface area contributed by atoms with Crippen LogP contribution < -0.4 is 16.0 Å². The summed E-state index contributed by atoms with van der Waals surface area (Å²) in [5, 5.41) is 10.1. The Kier molecular flexibility index (Phi) is 6.00. The molecule has 0 unspecified atom stereocenters. The maximum atomic E-state index is 12.9. The van der Waals surface area contributed by atoms with Gasteiger partial charge in [0.1, 0.15) is 5.82 Å². The minimum absolute atomic E-state index is 0.102. The zero-order valence-corrected chi connectivity index (χ0v) is 16.2. The Morgan fingerprint density at radius 3 is 2.39 bits per heavy atom. The highest BCUT2D eigenvalue weighted by molar-refractivity contribution is 7.14. The van der Waals surface area contributed by atoms with Crippen LogP contribution in [0.4, 0.5) is 25.7 Å². The van der Waals surface area contributed by atoms with Crippen molar-refractivity contribution in [2.45, 2.75) is 20.3 Å². The number of aromatic nitrogens is 1. The van der Waals surface area contributed by atoms with E-state index in [9.17, 15) is 14.0 Å². The van der Waals surface area contributed by atoms with E-state index in [2.05, 4.69) is 20.9 Å². The monoisotopic (exact) mass is 398 g/mol. The molecule has 3 amide bonds. The van der Waals surface area contributed by atoms with Crippen molar-refractivity contribution in [3.05, 3.63) is 70.5 Å². The Hall–Kier alpha value is -3.26. The van der Waals surface area contributed by atoms with Gasteiger partial charge in [0.2, 0.25) is 5.91 Å². The molecule has 1 aromatic heterocycles. The largest absolute Gasteiger partial charge is 0.326 e. The van der Waals surface area contributed by atoms with E-state index in [-0.39, 0.29) is 18.1 Å². The molecule has 0 bridgehead atoms. The maximum absolute atomic E-state index is 12.9. The molecule has 0 fully saturated rings. The molecule has 8 heteroatoms. The van der Waals surface area contributed by atoms with Crippen molar-refractivity contribution >= 4 is 39.8 Å². The van der Waals surface area contributed by atoms with Gasteiger partial charge in [0.25, 0.3) is 0 Å². The first kappa shape index (κ1) is 19.5. The molecule has 3 rings (SSSR count). The molecule has 1 heterocycles. The van der Waals surface area contributed by atoms with Gasteiger partial charge in [0.15, 0.2) is 5.13 Å². The summed E-state index contributed by atoms with van der Waals surface area (Å²) in [6.45, 7) is 4.00. The highest BCUT2D eigenvalue weighted by Crippen LogP contribution is 2.18. The van der Waals surface area contributed by atoms with Gasteiger partial charge in [-0.1, -0.05) is 6.07 Å². The fourth-order valence-electron chi connectivity index (χ4n) is 2.43. The van der Waals surface area contributed by atoms with Crippen molar-refractivity contribution in [1.29, 1.82) is 0 Å². The standard InChI is InChI=1S/C20H19FN4O2S/c1-12-3-6-16(9-13(12)2)22-18(26)10-17-11-28-20(24-17)25-19(27)23-15-7-4-14(21)5-8-15/h3-9,11H,10H2,1-2H3,(H,22,26)(H2,23,24,25,27). The molecule has 3 aromatic rings. The molecule has 0 aliphatic rings. The van der Waals surface area contributed by atoms with Crippen molar-refractivity contribution in [1.82, 2.24) is 4.98 Å². The Bertz CT molecular complexity index is 1000. The van der Waals surface area contributed by atoms with E-state index >= 15 is 0 Å². The first-order valence-corrected chi connectivity index (χ1v) is 9.42. The number of carbonyl (C=O) groups excluding carboxylic acids is 2. The Morgan fingerprint density at radius 1 is 0.964 bits per heavy atom. The van der Waals surface area contributed by atoms with Crippen LogP contribution in [-0.2, 0) is 11.2 Å². The number of aryl methyl sites for hydroxylation is 2. The predicted molar refractivity (Wildman–Crippen MR) is 109 cm³/mol. The SMILES string of the molecule is Cc1ccc(NC(=O)Cc2csc(NC(=O)Nc3ccc(F)cc3)n2)cc1C. The highest BCUT2D eigenvalue weighted by atomic mass is 32.1. The molecule has 0 saturated carbocycles. The number of anilines is 3. The van der Waals surface area contributed by atoms with Gasteiger partial charge in [-0.2, -0.15) is 0 Å². The summed E-state index contributed by atoms with van der Waals surface area (Å²) in [6.07, 6.45) is 0.102. The second-order valence-electron chi connectivity index (χ2n) is 6.25. The summed E-state index contributed by atoms with van der Waals surface area (Å²) in [6, 6.07) is 10.7. The maximum Gasteiger partial charge on any atom is 0.325 e. The second kappa shape index (κ2) is 8.62. The molecule has 0 saturated heterocycles. The van der Waals surface area contributed by atoms with Crippen LogP contribution in [-0.4, -0.2) is 16.9 Å². The third-order valence-corrected chi connectivity index (χ3v) is 4.81. The lowest BCUT2D eigenvalue weighted by Gasteiger charge is -2.07. The highest BCUT2D eigenvalue weighted by Gasteiger charge is 2.11. The minimum atomic E-state index is -0.493. The molecule has 0 aliphatic heterocycles. The number of hydrogen-bond donors (Lipinski definition) is 3. The number of urea groups is 1. The third-order valence-electron chi connectivity index (χ3n) is 4.01.